The van der Waals surface area contributed by atoms with Gasteiger partial charge in [-0.3, -0.25) is 28.9 Å². The first-order valence-electron chi connectivity index (χ1n) is 9.44. The van der Waals surface area contributed by atoms with E-state index >= 15 is 0 Å². The summed E-state index contributed by atoms with van der Waals surface area (Å²) in [6.07, 6.45) is 4.14. The number of aliphatic carboxylic acids is 1. The molecule has 11 heteroatoms. The topological polar surface area (TPSA) is 168 Å². The van der Waals surface area contributed by atoms with E-state index in [-0.39, 0.29) is 51.0 Å². The largest absolute Gasteiger partial charge is 0.481 e. The third-order valence-electron chi connectivity index (χ3n) is 4.07. The Morgan fingerprint density at radius 3 is 2.34 bits per heavy atom. The van der Waals surface area contributed by atoms with Crippen molar-refractivity contribution in [1.29, 1.82) is 0 Å². The predicted octanol–water partition coefficient (Wildman–Crippen LogP) is -1.48. The van der Waals surface area contributed by atoms with Gasteiger partial charge in [0.1, 0.15) is 0 Å². The van der Waals surface area contributed by atoms with Crippen LogP contribution in [0.2, 0.25) is 0 Å². The summed E-state index contributed by atoms with van der Waals surface area (Å²) in [5.74, 6) is -2.30. The number of carbonyl (C=O) groups is 5. The van der Waals surface area contributed by atoms with Crippen molar-refractivity contribution in [1.82, 2.24) is 15.5 Å². The first-order valence-corrected chi connectivity index (χ1v) is 9.44. The number of imide groups is 1. The predicted molar refractivity (Wildman–Crippen MR) is 101 cm³/mol. The third-order valence-corrected chi connectivity index (χ3v) is 4.07. The highest BCUT2D eigenvalue weighted by Crippen LogP contribution is 2.02. The van der Waals surface area contributed by atoms with Gasteiger partial charge in [-0.15, -0.1) is 0 Å². The van der Waals surface area contributed by atoms with Crippen LogP contribution in [-0.4, -0.2) is 78.5 Å². The highest BCUT2D eigenvalue weighted by Gasteiger charge is 2.23. The fraction of sp³-hybridized carbons (Fsp3) is 0.611. The Kier molecular flexibility index (Phi) is 11.2. The molecular weight excluding hydrogens is 384 g/mol. The normalized spacial score (nSPS) is 14.2. The summed E-state index contributed by atoms with van der Waals surface area (Å²) in [6.45, 7) is 0.902. The average Bonchev–Trinajstić information content (AvgIpc) is 2.98. The molecule has 1 aliphatic heterocycles. The van der Waals surface area contributed by atoms with Gasteiger partial charge in [-0.2, -0.15) is 0 Å². The fourth-order valence-electron chi connectivity index (χ4n) is 2.44. The molecule has 29 heavy (non-hydrogen) atoms. The van der Waals surface area contributed by atoms with Gasteiger partial charge in [0.15, 0.2) is 0 Å². The van der Waals surface area contributed by atoms with Crippen molar-refractivity contribution >= 4 is 29.6 Å². The quantitative estimate of drug-likeness (QED) is 0.187. The smallest absolute Gasteiger partial charge is 0.305 e. The molecule has 1 heterocycles. The zero-order valence-corrected chi connectivity index (χ0v) is 16.2. The van der Waals surface area contributed by atoms with Crippen molar-refractivity contribution in [2.75, 3.05) is 32.8 Å². The maximum absolute atomic E-state index is 11.9. The highest BCUT2D eigenvalue weighted by molar-refractivity contribution is 6.12. The van der Waals surface area contributed by atoms with E-state index in [9.17, 15) is 24.0 Å². The van der Waals surface area contributed by atoms with E-state index in [1.54, 1.807) is 0 Å². The van der Waals surface area contributed by atoms with Crippen LogP contribution in [0.5, 0.6) is 0 Å². The van der Waals surface area contributed by atoms with E-state index in [1.807, 2.05) is 0 Å². The lowest BCUT2D eigenvalue weighted by Crippen LogP contribution is -2.44. The fourth-order valence-corrected chi connectivity index (χ4v) is 2.44. The van der Waals surface area contributed by atoms with Crippen molar-refractivity contribution < 1.29 is 33.8 Å². The number of carboxylic acids is 1. The minimum Gasteiger partial charge on any atom is -0.481 e. The molecule has 0 aliphatic carbocycles. The summed E-state index contributed by atoms with van der Waals surface area (Å²) in [6, 6.07) is -0.712. The SMILES string of the molecule is N[C@@H](CCCCNC(=O)CCOCCC(=O)O)C(=O)NCCN1C(=O)C=CC1=O. The van der Waals surface area contributed by atoms with E-state index in [0.29, 0.717) is 25.8 Å². The number of unbranched alkanes of at least 4 members (excludes halogenated alkanes) is 1. The lowest BCUT2D eigenvalue weighted by atomic mass is 10.1. The molecule has 0 unspecified atom stereocenters. The molecular formula is C18H28N4O7. The number of carbonyl (C=O) groups excluding carboxylic acids is 4. The van der Waals surface area contributed by atoms with E-state index < -0.39 is 23.8 Å². The van der Waals surface area contributed by atoms with Gasteiger partial charge in [-0.1, -0.05) is 0 Å². The Morgan fingerprint density at radius 1 is 1.03 bits per heavy atom. The number of nitrogens with one attached hydrogen (secondary N) is 2. The van der Waals surface area contributed by atoms with Crippen molar-refractivity contribution in [3.8, 4) is 0 Å². The van der Waals surface area contributed by atoms with E-state index in [1.165, 1.54) is 12.2 Å². The summed E-state index contributed by atoms with van der Waals surface area (Å²) < 4.78 is 5.03. The molecule has 1 rings (SSSR count). The molecule has 0 fully saturated rings. The molecule has 1 aliphatic rings. The van der Waals surface area contributed by atoms with Crippen LogP contribution in [0.15, 0.2) is 12.2 Å². The minimum absolute atomic E-state index is 0.0735. The Morgan fingerprint density at radius 2 is 1.69 bits per heavy atom. The molecule has 4 amide bonds. The summed E-state index contributed by atoms with van der Waals surface area (Å²) in [5.41, 5.74) is 5.81. The van der Waals surface area contributed by atoms with Crippen LogP contribution in [0, 0.1) is 0 Å². The van der Waals surface area contributed by atoms with Gasteiger partial charge < -0.3 is 26.2 Å². The number of nitrogens with two attached hydrogens (primary N) is 1. The van der Waals surface area contributed by atoms with Crippen LogP contribution in [0.25, 0.3) is 0 Å². The molecule has 0 aromatic rings. The summed E-state index contributed by atoms with van der Waals surface area (Å²) in [4.78, 5) is 57.6. The average molecular weight is 412 g/mol. The van der Waals surface area contributed by atoms with Crippen LogP contribution < -0.4 is 16.4 Å². The monoisotopic (exact) mass is 412 g/mol. The maximum atomic E-state index is 11.9. The molecule has 0 spiro atoms. The molecule has 162 valence electrons. The van der Waals surface area contributed by atoms with Crippen LogP contribution in [0.1, 0.15) is 32.1 Å². The Labute approximate surface area is 168 Å². The second-order valence-electron chi connectivity index (χ2n) is 6.41. The number of carboxylic acid groups (broad SMARTS) is 1. The number of hydrogen-bond donors (Lipinski definition) is 4. The van der Waals surface area contributed by atoms with Crippen LogP contribution in [0.4, 0.5) is 0 Å². The number of hydrogen-bond acceptors (Lipinski definition) is 7. The first kappa shape index (κ1) is 24.2. The van der Waals surface area contributed by atoms with Gasteiger partial charge in [-0.25, -0.2) is 0 Å². The van der Waals surface area contributed by atoms with E-state index in [0.717, 1.165) is 4.90 Å². The molecule has 0 saturated heterocycles. The van der Waals surface area contributed by atoms with Gasteiger partial charge in [0.2, 0.25) is 11.8 Å². The molecule has 0 bridgehead atoms. The maximum Gasteiger partial charge on any atom is 0.305 e. The van der Waals surface area contributed by atoms with Gasteiger partial charge >= 0.3 is 5.97 Å². The zero-order chi connectivity index (χ0) is 21.6. The highest BCUT2D eigenvalue weighted by atomic mass is 16.5. The van der Waals surface area contributed by atoms with Crippen molar-refractivity contribution in [2.45, 2.75) is 38.1 Å². The summed E-state index contributed by atoms with van der Waals surface area (Å²) >= 11 is 0. The lowest BCUT2D eigenvalue weighted by Gasteiger charge is -2.16. The van der Waals surface area contributed by atoms with E-state index in [4.69, 9.17) is 15.6 Å². The number of ether oxygens (including phenoxy) is 1. The van der Waals surface area contributed by atoms with Gasteiger partial charge in [0.05, 0.1) is 25.7 Å². The summed E-state index contributed by atoms with van der Waals surface area (Å²) in [5, 5.41) is 13.7. The van der Waals surface area contributed by atoms with Crippen molar-refractivity contribution in [3.63, 3.8) is 0 Å². The van der Waals surface area contributed by atoms with Crippen LogP contribution >= 0.6 is 0 Å². The Balaban J connectivity index is 2.01. The Bertz CT molecular complexity index is 618. The number of rotatable bonds is 15. The standard InChI is InChI=1S/C18H28N4O7/c19-13(18(28)21-9-10-22-15(24)4-5-16(22)25)3-1-2-8-20-14(23)6-11-29-12-7-17(26)27/h4-5,13H,1-3,6-12,19H2,(H,20,23)(H,21,28)(H,26,27)/t13-/m0/s1. The van der Waals surface area contributed by atoms with Crippen LogP contribution in [0.3, 0.4) is 0 Å². The van der Waals surface area contributed by atoms with Crippen molar-refractivity contribution in [2.24, 2.45) is 5.73 Å². The third kappa shape index (κ3) is 10.4. The molecule has 0 aromatic heterocycles. The minimum atomic E-state index is -0.949. The molecule has 1 atom stereocenters. The van der Waals surface area contributed by atoms with Gasteiger partial charge in [0, 0.05) is 38.2 Å². The van der Waals surface area contributed by atoms with Crippen molar-refractivity contribution in [3.05, 3.63) is 12.2 Å². The van der Waals surface area contributed by atoms with Crippen LogP contribution in [-0.2, 0) is 28.7 Å². The molecule has 5 N–H and O–H groups in total. The Hall–Kier alpha value is -2.79. The second-order valence-corrected chi connectivity index (χ2v) is 6.41. The number of nitrogens with zero attached hydrogens (tertiary/aromatic N) is 1. The zero-order valence-electron chi connectivity index (χ0n) is 16.2. The molecule has 0 saturated carbocycles. The molecule has 0 radical (unpaired) electrons. The summed E-state index contributed by atoms with van der Waals surface area (Å²) in [7, 11) is 0. The molecule has 0 aromatic carbocycles. The molecule has 11 nitrogen and oxygen atoms in total. The van der Waals surface area contributed by atoms with E-state index in [2.05, 4.69) is 10.6 Å². The van der Waals surface area contributed by atoms with Gasteiger partial charge in [-0.05, 0) is 19.3 Å². The second kappa shape index (κ2) is 13.4. The van der Waals surface area contributed by atoms with Gasteiger partial charge in [0.25, 0.3) is 11.8 Å². The first-order chi connectivity index (χ1) is 13.8. The number of amides is 4. The lowest BCUT2D eigenvalue weighted by molar-refractivity contribution is -0.139.